The van der Waals surface area contributed by atoms with Crippen molar-refractivity contribution >= 4 is 46.0 Å². The molecule has 41 heavy (non-hydrogen) atoms. The van der Waals surface area contributed by atoms with E-state index in [2.05, 4.69) is 10.1 Å². The molecule has 13 heteroatoms. The number of aromatic nitrogens is 1. The first-order valence-electron chi connectivity index (χ1n) is 12.9. The van der Waals surface area contributed by atoms with Gasteiger partial charge in [-0.2, -0.15) is 0 Å². The second kappa shape index (κ2) is 12.1. The van der Waals surface area contributed by atoms with E-state index in [0.29, 0.717) is 38.2 Å². The zero-order valence-electron chi connectivity index (χ0n) is 22.5. The number of aromatic hydroxyl groups is 1. The Balaban J connectivity index is 1.36. The van der Waals surface area contributed by atoms with Crippen LogP contribution in [0.4, 0.5) is 15.8 Å². The average molecular weight is 569 g/mol. The Kier molecular flexibility index (Phi) is 8.55. The summed E-state index contributed by atoms with van der Waals surface area (Å²) in [5.41, 5.74) is -0.312. The van der Waals surface area contributed by atoms with Gasteiger partial charge in [0.15, 0.2) is 0 Å². The van der Waals surface area contributed by atoms with E-state index in [4.69, 9.17) is 0 Å². The molecule has 1 aliphatic heterocycles. The molecule has 0 saturated carbocycles. The Bertz CT molecular complexity index is 1590. The molecule has 12 nitrogen and oxygen atoms in total. The van der Waals surface area contributed by atoms with Gasteiger partial charge in [-0.05, 0) is 31.2 Å². The van der Waals surface area contributed by atoms with Gasteiger partial charge >= 0.3 is 11.9 Å². The molecule has 216 valence electrons. The number of carbonyl (C=O) groups excluding carboxylic acids is 3. The molecule has 0 atom stereocenters. The van der Waals surface area contributed by atoms with Gasteiger partial charge in [-0.25, -0.2) is 14.0 Å². The van der Waals surface area contributed by atoms with E-state index in [1.54, 1.807) is 21.3 Å². The number of phenols is 1. The van der Waals surface area contributed by atoms with Gasteiger partial charge in [0.25, 0.3) is 0 Å². The second-order valence-electron chi connectivity index (χ2n) is 9.42. The summed E-state index contributed by atoms with van der Waals surface area (Å²) in [4.78, 5) is 64.0. The highest BCUT2D eigenvalue weighted by molar-refractivity contribution is 5.96. The minimum Gasteiger partial charge on any atom is -0.507 e. The van der Waals surface area contributed by atoms with Crippen molar-refractivity contribution in [2.24, 2.45) is 0 Å². The summed E-state index contributed by atoms with van der Waals surface area (Å²) in [6, 6.07) is 6.54. The number of carbonyl (C=O) groups is 4. The van der Waals surface area contributed by atoms with Crippen molar-refractivity contribution in [1.82, 2.24) is 9.47 Å². The van der Waals surface area contributed by atoms with Crippen molar-refractivity contribution in [3.05, 3.63) is 63.7 Å². The molecule has 4 rings (SSSR count). The number of esters is 1. The lowest BCUT2D eigenvalue weighted by Gasteiger charge is -2.36. The molecule has 2 aromatic carbocycles. The number of aromatic carboxylic acids is 1. The number of hydrogen-bond donors (Lipinski definition) is 3. The van der Waals surface area contributed by atoms with Crippen molar-refractivity contribution in [3.63, 3.8) is 0 Å². The molecule has 2 heterocycles. The van der Waals surface area contributed by atoms with E-state index in [0.717, 1.165) is 6.07 Å². The first-order valence-corrected chi connectivity index (χ1v) is 12.9. The van der Waals surface area contributed by atoms with Crippen LogP contribution in [0.5, 0.6) is 5.75 Å². The molecule has 3 aromatic rings. The standard InChI is InChI=1S/C28H29FN4O8/c1-3-31-15-19(27(38)39)26(37)18-13-20(29)22(14-21(18)31)32-8-10-33(11-9-32)25(36)7-6-24(35)30-16-4-5-17(23(34)12-16)28(40)41-2/h4-5,12-15,34H,3,6-11H2,1-2H3,(H,30,35)(H,38,39). The largest absolute Gasteiger partial charge is 0.507 e. The summed E-state index contributed by atoms with van der Waals surface area (Å²) in [5.74, 6) is -3.81. The van der Waals surface area contributed by atoms with Crippen LogP contribution in [0.2, 0.25) is 0 Å². The van der Waals surface area contributed by atoms with E-state index in [-0.39, 0.29) is 46.8 Å². The lowest BCUT2D eigenvalue weighted by atomic mass is 10.1. The minimum absolute atomic E-state index is 0.0188. The van der Waals surface area contributed by atoms with Crippen molar-refractivity contribution in [2.45, 2.75) is 26.3 Å². The highest BCUT2D eigenvalue weighted by Gasteiger charge is 2.25. The third-order valence-electron chi connectivity index (χ3n) is 6.95. The number of hydrogen-bond acceptors (Lipinski definition) is 8. The molecule has 0 spiro atoms. The van der Waals surface area contributed by atoms with Crippen molar-refractivity contribution in [3.8, 4) is 5.75 Å². The molecule has 2 amide bonds. The van der Waals surface area contributed by atoms with Crippen LogP contribution in [-0.4, -0.2) is 76.7 Å². The third-order valence-corrected chi connectivity index (χ3v) is 6.95. The summed E-state index contributed by atoms with van der Waals surface area (Å²) >= 11 is 0. The van der Waals surface area contributed by atoms with Crippen LogP contribution in [0, 0.1) is 5.82 Å². The highest BCUT2D eigenvalue weighted by Crippen LogP contribution is 2.27. The van der Waals surface area contributed by atoms with Gasteiger partial charge in [-0.3, -0.25) is 14.4 Å². The number of amides is 2. The molecule has 0 radical (unpaired) electrons. The quantitative estimate of drug-likeness (QED) is 0.347. The summed E-state index contributed by atoms with van der Waals surface area (Å²) in [6.45, 7) is 3.37. The molecule has 0 aliphatic carbocycles. The number of anilines is 2. The number of methoxy groups -OCH3 is 1. The first kappa shape index (κ1) is 29.1. The lowest BCUT2D eigenvalue weighted by Crippen LogP contribution is -2.49. The maximum Gasteiger partial charge on any atom is 0.341 e. The highest BCUT2D eigenvalue weighted by atomic mass is 19.1. The fraction of sp³-hybridized carbons (Fsp3) is 0.321. The van der Waals surface area contributed by atoms with E-state index in [9.17, 15) is 34.2 Å². The SMILES string of the molecule is CCn1cc(C(=O)O)c(=O)c2cc(F)c(N3CCN(C(=O)CCC(=O)Nc4ccc(C(=O)OC)c(O)c4)CC3)cc21. The zero-order chi connectivity index (χ0) is 29.8. The van der Waals surface area contributed by atoms with Gasteiger partial charge in [0.2, 0.25) is 17.2 Å². The first-order chi connectivity index (χ1) is 19.5. The van der Waals surface area contributed by atoms with Crippen LogP contribution in [0.15, 0.2) is 41.3 Å². The summed E-state index contributed by atoms with van der Waals surface area (Å²) < 4.78 is 21.2. The van der Waals surface area contributed by atoms with E-state index >= 15 is 4.39 Å². The lowest BCUT2D eigenvalue weighted by molar-refractivity contribution is -0.133. The monoisotopic (exact) mass is 568 g/mol. The van der Waals surface area contributed by atoms with Crippen LogP contribution < -0.4 is 15.6 Å². The number of ether oxygens (including phenoxy) is 1. The molecule has 3 N–H and O–H groups in total. The molecular weight excluding hydrogens is 539 g/mol. The van der Waals surface area contributed by atoms with Gasteiger partial charge < -0.3 is 34.6 Å². The van der Waals surface area contributed by atoms with Crippen LogP contribution in [-0.2, 0) is 20.9 Å². The summed E-state index contributed by atoms with van der Waals surface area (Å²) in [7, 11) is 1.18. The number of fused-ring (bicyclic) bond motifs is 1. The maximum absolute atomic E-state index is 15.1. The minimum atomic E-state index is -1.38. The predicted octanol–water partition coefficient (Wildman–Crippen LogP) is 2.42. The van der Waals surface area contributed by atoms with E-state index < -0.39 is 34.7 Å². The number of carboxylic acids is 1. The van der Waals surface area contributed by atoms with Crippen molar-refractivity contribution < 1.29 is 38.5 Å². The number of piperazine rings is 1. The van der Waals surface area contributed by atoms with Crippen LogP contribution >= 0.6 is 0 Å². The van der Waals surface area contributed by atoms with Crippen molar-refractivity contribution in [2.75, 3.05) is 43.5 Å². The van der Waals surface area contributed by atoms with Gasteiger partial charge in [-0.15, -0.1) is 0 Å². The number of nitrogens with one attached hydrogen (secondary N) is 1. The Labute approximate surface area is 233 Å². The average Bonchev–Trinajstić information content (AvgIpc) is 2.95. The zero-order valence-corrected chi connectivity index (χ0v) is 22.5. The van der Waals surface area contributed by atoms with Crippen LogP contribution in [0.3, 0.4) is 0 Å². The fourth-order valence-electron chi connectivity index (χ4n) is 4.75. The normalized spacial score (nSPS) is 13.2. The maximum atomic E-state index is 15.1. The number of aryl methyl sites for hydroxylation is 1. The van der Waals surface area contributed by atoms with Crippen LogP contribution in [0.25, 0.3) is 10.9 Å². The summed E-state index contributed by atoms with van der Waals surface area (Å²) in [5, 5.41) is 21.8. The predicted molar refractivity (Wildman–Crippen MR) is 147 cm³/mol. The molecule has 1 aliphatic rings. The molecule has 1 aromatic heterocycles. The Morgan fingerprint density at radius 2 is 1.73 bits per heavy atom. The van der Waals surface area contributed by atoms with Gasteiger partial charge in [0, 0.05) is 68.9 Å². The van der Waals surface area contributed by atoms with E-state index in [1.807, 2.05) is 0 Å². The number of benzene rings is 2. The molecular formula is C28H29FN4O8. The number of carboxylic acid groups (broad SMARTS) is 1. The van der Waals surface area contributed by atoms with Crippen LogP contribution in [0.1, 0.15) is 40.5 Å². The Hall–Kier alpha value is -4.94. The van der Waals surface area contributed by atoms with Gasteiger partial charge in [0.1, 0.15) is 22.7 Å². The molecule has 1 fully saturated rings. The molecule has 0 bridgehead atoms. The number of nitrogens with zero attached hydrogens (tertiary/aromatic N) is 3. The number of phenolic OH excluding ortho intramolecular Hbond substituents is 1. The summed E-state index contributed by atoms with van der Waals surface area (Å²) in [6.07, 6.45) is 1.09. The fourth-order valence-corrected chi connectivity index (χ4v) is 4.75. The van der Waals surface area contributed by atoms with E-state index in [1.165, 1.54) is 37.6 Å². The number of pyridine rings is 1. The number of halogens is 1. The van der Waals surface area contributed by atoms with Gasteiger partial charge in [0.05, 0.1) is 18.3 Å². The second-order valence-corrected chi connectivity index (χ2v) is 9.42. The third kappa shape index (κ3) is 6.13. The molecule has 0 unspecified atom stereocenters. The van der Waals surface area contributed by atoms with Crippen molar-refractivity contribution in [1.29, 1.82) is 0 Å². The Morgan fingerprint density at radius 1 is 1.02 bits per heavy atom. The van der Waals surface area contributed by atoms with Gasteiger partial charge in [-0.1, -0.05) is 0 Å². The smallest absolute Gasteiger partial charge is 0.341 e. The Morgan fingerprint density at radius 3 is 2.34 bits per heavy atom. The number of rotatable bonds is 8. The topological polar surface area (TPSA) is 158 Å². The molecule has 1 saturated heterocycles.